The molecule has 1 atom stereocenters. The molecule has 0 aliphatic rings. The number of rotatable bonds is 3. The van der Waals surface area contributed by atoms with Crippen molar-refractivity contribution >= 4 is 21.6 Å². The average Bonchev–Trinajstić information content (AvgIpc) is 2.65. The third-order valence-electron chi connectivity index (χ3n) is 3.07. The minimum Gasteiger partial charge on any atom is -0.327 e. The number of fused-ring (bicyclic) bond motifs is 1. The van der Waals surface area contributed by atoms with Gasteiger partial charge in [-0.15, -0.1) is 11.3 Å². The molecular weight excluding hydrogens is 297 g/mol. The van der Waals surface area contributed by atoms with E-state index in [9.17, 15) is 13.2 Å². The lowest BCUT2D eigenvalue weighted by Crippen LogP contribution is -2.28. The second-order valence-electron chi connectivity index (χ2n) is 6.52. The van der Waals surface area contributed by atoms with E-state index in [4.69, 9.17) is 5.73 Å². The lowest BCUT2D eigenvalue weighted by Gasteiger charge is -2.22. The number of halogens is 3. The highest BCUT2D eigenvalue weighted by molar-refractivity contribution is 7.18. The van der Waals surface area contributed by atoms with Crippen LogP contribution in [0.2, 0.25) is 0 Å². The molecule has 0 bridgehead atoms. The Hall–Kier alpha value is -1.14. The van der Waals surface area contributed by atoms with E-state index in [0.717, 1.165) is 28.3 Å². The summed E-state index contributed by atoms with van der Waals surface area (Å²) in [5.74, 6) is 0. The van der Waals surface area contributed by atoms with Gasteiger partial charge in [-0.05, 0) is 30.0 Å². The Bertz CT molecular complexity index is 626. The van der Waals surface area contributed by atoms with Crippen molar-refractivity contribution in [3.05, 3.63) is 28.8 Å². The molecule has 0 aliphatic heterocycles. The van der Waals surface area contributed by atoms with Gasteiger partial charge in [-0.25, -0.2) is 4.98 Å². The predicted molar refractivity (Wildman–Crippen MR) is 80.4 cm³/mol. The summed E-state index contributed by atoms with van der Waals surface area (Å²) in [4.78, 5) is 4.30. The Labute approximate surface area is 126 Å². The molecule has 1 heterocycles. The third kappa shape index (κ3) is 4.41. The number of nitrogens with two attached hydrogens (primary N) is 1. The molecule has 0 radical (unpaired) electrons. The van der Waals surface area contributed by atoms with Crippen molar-refractivity contribution < 1.29 is 13.2 Å². The van der Waals surface area contributed by atoms with Crippen LogP contribution in [-0.2, 0) is 12.6 Å². The van der Waals surface area contributed by atoms with Crippen LogP contribution in [-0.4, -0.2) is 11.0 Å². The number of nitrogens with zero attached hydrogens (tertiary/aromatic N) is 1. The summed E-state index contributed by atoms with van der Waals surface area (Å²) in [7, 11) is 0. The van der Waals surface area contributed by atoms with E-state index in [1.165, 1.54) is 17.4 Å². The quantitative estimate of drug-likeness (QED) is 0.897. The average molecular weight is 316 g/mol. The first-order valence-corrected chi connectivity index (χ1v) is 7.58. The van der Waals surface area contributed by atoms with E-state index < -0.39 is 11.7 Å². The van der Waals surface area contributed by atoms with E-state index in [1.807, 2.05) is 0 Å². The Morgan fingerprint density at radius 3 is 2.48 bits per heavy atom. The monoisotopic (exact) mass is 316 g/mol. The van der Waals surface area contributed by atoms with Gasteiger partial charge in [0.25, 0.3) is 0 Å². The van der Waals surface area contributed by atoms with Gasteiger partial charge in [-0.3, -0.25) is 0 Å². The fourth-order valence-electron chi connectivity index (χ4n) is 2.32. The summed E-state index contributed by atoms with van der Waals surface area (Å²) in [6.45, 7) is 6.34. The van der Waals surface area contributed by atoms with Gasteiger partial charge >= 0.3 is 6.18 Å². The number of hydrogen-bond donors (Lipinski definition) is 1. The first kappa shape index (κ1) is 16.2. The highest BCUT2D eigenvalue weighted by Crippen LogP contribution is 2.33. The zero-order chi connectivity index (χ0) is 15.8. The Kier molecular flexibility index (Phi) is 4.31. The first-order valence-electron chi connectivity index (χ1n) is 6.77. The van der Waals surface area contributed by atoms with Gasteiger partial charge in [0, 0.05) is 12.5 Å². The van der Waals surface area contributed by atoms with Crippen molar-refractivity contribution in [1.29, 1.82) is 0 Å². The second-order valence-corrected chi connectivity index (χ2v) is 7.63. The Morgan fingerprint density at radius 1 is 1.24 bits per heavy atom. The van der Waals surface area contributed by atoms with Crippen LogP contribution in [0, 0.1) is 5.41 Å². The minimum atomic E-state index is -4.33. The maximum Gasteiger partial charge on any atom is 0.416 e. The van der Waals surface area contributed by atoms with Crippen LogP contribution in [0.5, 0.6) is 0 Å². The highest BCUT2D eigenvalue weighted by atomic mass is 32.1. The topological polar surface area (TPSA) is 38.9 Å². The molecular formula is C15H19F3N2S. The van der Waals surface area contributed by atoms with E-state index in [0.29, 0.717) is 11.9 Å². The van der Waals surface area contributed by atoms with E-state index >= 15 is 0 Å². The standard InChI is InChI=1S/C15H19F3N2S/c1-14(2,3)8-10(19)7-13-20-11-6-9(15(16,17)18)4-5-12(11)21-13/h4-6,10H,7-8,19H2,1-3H3. The van der Waals surface area contributed by atoms with Crippen LogP contribution in [0.4, 0.5) is 13.2 Å². The highest BCUT2D eigenvalue weighted by Gasteiger charge is 2.30. The summed E-state index contributed by atoms with van der Waals surface area (Å²) < 4.78 is 38.8. The summed E-state index contributed by atoms with van der Waals surface area (Å²) in [6.07, 6.45) is -2.89. The molecule has 0 aliphatic carbocycles. The normalized spacial score (nSPS) is 14.6. The van der Waals surface area contributed by atoms with Gasteiger partial charge in [-0.2, -0.15) is 13.2 Å². The van der Waals surface area contributed by atoms with Crippen LogP contribution < -0.4 is 5.73 Å². The molecule has 2 nitrogen and oxygen atoms in total. The molecule has 2 aromatic rings. The van der Waals surface area contributed by atoms with Crippen LogP contribution in [0.15, 0.2) is 18.2 Å². The summed E-state index contributed by atoms with van der Waals surface area (Å²) >= 11 is 1.41. The van der Waals surface area contributed by atoms with Crippen molar-refractivity contribution in [2.75, 3.05) is 0 Å². The molecule has 1 unspecified atom stereocenters. The zero-order valence-electron chi connectivity index (χ0n) is 12.3. The van der Waals surface area contributed by atoms with Gasteiger partial charge in [0.2, 0.25) is 0 Å². The van der Waals surface area contributed by atoms with Crippen molar-refractivity contribution in [1.82, 2.24) is 4.98 Å². The number of hydrogen-bond acceptors (Lipinski definition) is 3. The number of alkyl halides is 3. The molecule has 116 valence electrons. The van der Waals surface area contributed by atoms with Crippen molar-refractivity contribution in [2.24, 2.45) is 11.1 Å². The number of benzene rings is 1. The van der Waals surface area contributed by atoms with Crippen molar-refractivity contribution in [3.63, 3.8) is 0 Å². The zero-order valence-corrected chi connectivity index (χ0v) is 13.1. The van der Waals surface area contributed by atoms with Gasteiger partial charge in [0.15, 0.2) is 0 Å². The van der Waals surface area contributed by atoms with Crippen LogP contribution in [0.1, 0.15) is 37.8 Å². The van der Waals surface area contributed by atoms with E-state index in [1.54, 1.807) is 0 Å². The largest absolute Gasteiger partial charge is 0.416 e. The minimum absolute atomic E-state index is 0.0346. The predicted octanol–water partition coefficient (Wildman–Crippen LogP) is 4.62. The lowest BCUT2D eigenvalue weighted by molar-refractivity contribution is -0.137. The van der Waals surface area contributed by atoms with Gasteiger partial charge < -0.3 is 5.73 Å². The van der Waals surface area contributed by atoms with Gasteiger partial charge in [-0.1, -0.05) is 20.8 Å². The summed E-state index contributed by atoms with van der Waals surface area (Å²) in [5, 5.41) is 0.793. The lowest BCUT2D eigenvalue weighted by atomic mass is 9.87. The summed E-state index contributed by atoms with van der Waals surface area (Å²) in [6, 6.07) is 3.64. The first-order chi connectivity index (χ1) is 9.54. The van der Waals surface area contributed by atoms with E-state index in [-0.39, 0.29) is 11.5 Å². The van der Waals surface area contributed by atoms with Gasteiger partial charge in [0.1, 0.15) is 0 Å². The van der Waals surface area contributed by atoms with Crippen molar-refractivity contribution in [3.8, 4) is 0 Å². The smallest absolute Gasteiger partial charge is 0.327 e. The second kappa shape index (κ2) is 5.57. The fourth-order valence-corrected chi connectivity index (χ4v) is 3.36. The molecule has 0 saturated heterocycles. The SMILES string of the molecule is CC(C)(C)CC(N)Cc1nc2cc(C(F)(F)F)ccc2s1. The number of thiazole rings is 1. The molecule has 21 heavy (non-hydrogen) atoms. The molecule has 0 saturated carbocycles. The maximum absolute atomic E-state index is 12.7. The fraction of sp³-hybridized carbons (Fsp3) is 0.533. The molecule has 1 aromatic heterocycles. The molecule has 6 heteroatoms. The van der Waals surface area contributed by atoms with Crippen molar-refractivity contribution in [2.45, 2.75) is 45.8 Å². The molecule has 2 rings (SSSR count). The Balaban J connectivity index is 2.19. The Morgan fingerprint density at radius 2 is 1.90 bits per heavy atom. The third-order valence-corrected chi connectivity index (χ3v) is 4.13. The molecule has 0 spiro atoms. The molecule has 0 amide bonds. The van der Waals surface area contributed by atoms with Crippen LogP contribution in [0.25, 0.3) is 10.2 Å². The van der Waals surface area contributed by atoms with Crippen LogP contribution >= 0.6 is 11.3 Å². The molecule has 2 N–H and O–H groups in total. The van der Waals surface area contributed by atoms with E-state index in [2.05, 4.69) is 25.8 Å². The maximum atomic E-state index is 12.7. The molecule has 1 aromatic carbocycles. The number of aromatic nitrogens is 1. The molecule has 0 fully saturated rings. The summed E-state index contributed by atoms with van der Waals surface area (Å²) in [5.41, 5.74) is 5.96. The van der Waals surface area contributed by atoms with Crippen LogP contribution in [0.3, 0.4) is 0 Å². The van der Waals surface area contributed by atoms with Gasteiger partial charge in [0.05, 0.1) is 20.8 Å².